The van der Waals surface area contributed by atoms with E-state index in [1.807, 2.05) is 6.07 Å². The van der Waals surface area contributed by atoms with E-state index >= 15 is 0 Å². The molecule has 2 N–H and O–H groups in total. The largest absolute Gasteiger partial charge is 0.326 e. The molecule has 1 fully saturated rings. The van der Waals surface area contributed by atoms with Gasteiger partial charge in [-0.25, -0.2) is 0 Å². The summed E-state index contributed by atoms with van der Waals surface area (Å²) in [6, 6.07) is 3.98. The summed E-state index contributed by atoms with van der Waals surface area (Å²) in [5.74, 6) is 0. The van der Waals surface area contributed by atoms with Gasteiger partial charge in [0.15, 0.2) is 5.15 Å². The average molecular weight is 249 g/mol. The summed E-state index contributed by atoms with van der Waals surface area (Å²) >= 11 is 5.64. The second-order valence-electron chi connectivity index (χ2n) is 3.63. The van der Waals surface area contributed by atoms with Gasteiger partial charge in [0.2, 0.25) is 0 Å². The molecule has 6 heteroatoms. The number of halogens is 2. The first-order chi connectivity index (χ1) is 6.74. The lowest BCUT2D eigenvalue weighted by Crippen LogP contribution is -2.26. The highest BCUT2D eigenvalue weighted by atomic mass is 35.5. The van der Waals surface area contributed by atoms with E-state index in [0.29, 0.717) is 11.2 Å². The molecule has 0 aromatic carbocycles. The van der Waals surface area contributed by atoms with Crippen molar-refractivity contribution in [1.82, 2.24) is 15.1 Å². The third-order valence-electron chi connectivity index (χ3n) is 2.38. The fourth-order valence-electron chi connectivity index (χ4n) is 1.66. The van der Waals surface area contributed by atoms with E-state index in [0.717, 1.165) is 31.7 Å². The lowest BCUT2D eigenvalue weighted by atomic mass is 10.3. The Morgan fingerprint density at radius 1 is 1.47 bits per heavy atom. The molecule has 1 saturated heterocycles. The van der Waals surface area contributed by atoms with Crippen molar-refractivity contribution in [2.24, 2.45) is 5.73 Å². The van der Waals surface area contributed by atoms with E-state index in [2.05, 4.69) is 15.1 Å². The molecule has 1 aliphatic heterocycles. The molecular formula is C9H14Cl2N4. The van der Waals surface area contributed by atoms with Gasteiger partial charge >= 0.3 is 0 Å². The lowest BCUT2D eigenvalue weighted by Gasteiger charge is -2.13. The Labute approximate surface area is 100 Å². The standard InChI is InChI=1S/C9H13ClN4.ClH/c10-9-2-1-8(12-13-9)6-14-4-3-7(11)5-14;/h1-2,7H,3-6,11H2;1H. The van der Waals surface area contributed by atoms with Crippen LogP contribution in [0.1, 0.15) is 12.1 Å². The van der Waals surface area contributed by atoms with Gasteiger partial charge in [-0.15, -0.1) is 17.5 Å². The zero-order valence-electron chi connectivity index (χ0n) is 8.27. The molecule has 0 bridgehead atoms. The minimum absolute atomic E-state index is 0. The average Bonchev–Trinajstić information content (AvgIpc) is 2.56. The maximum atomic E-state index is 5.80. The van der Waals surface area contributed by atoms with E-state index in [1.54, 1.807) is 6.07 Å². The van der Waals surface area contributed by atoms with Crippen LogP contribution in [-0.2, 0) is 6.54 Å². The van der Waals surface area contributed by atoms with Crippen LogP contribution in [0.25, 0.3) is 0 Å². The molecule has 2 rings (SSSR count). The SMILES string of the molecule is Cl.NC1CCN(Cc2ccc(Cl)nn2)C1. The summed E-state index contributed by atoms with van der Waals surface area (Å²) in [6.07, 6.45) is 1.07. The summed E-state index contributed by atoms with van der Waals surface area (Å²) in [5.41, 5.74) is 6.75. The monoisotopic (exact) mass is 248 g/mol. The summed E-state index contributed by atoms with van der Waals surface area (Å²) in [4.78, 5) is 2.28. The van der Waals surface area contributed by atoms with Crippen LogP contribution in [-0.4, -0.2) is 34.2 Å². The minimum atomic E-state index is 0. The number of hydrogen-bond acceptors (Lipinski definition) is 4. The zero-order chi connectivity index (χ0) is 9.97. The molecular weight excluding hydrogens is 235 g/mol. The predicted octanol–water partition coefficient (Wildman–Crippen LogP) is 1.08. The maximum absolute atomic E-state index is 5.80. The van der Waals surface area contributed by atoms with Crippen LogP contribution in [0.15, 0.2) is 12.1 Å². The summed E-state index contributed by atoms with van der Waals surface area (Å²) in [7, 11) is 0. The maximum Gasteiger partial charge on any atom is 0.151 e. The van der Waals surface area contributed by atoms with Crippen molar-refractivity contribution < 1.29 is 0 Å². The van der Waals surface area contributed by atoms with Crippen molar-refractivity contribution in [3.05, 3.63) is 23.0 Å². The third-order valence-corrected chi connectivity index (χ3v) is 2.58. The molecule has 2 heterocycles. The highest BCUT2D eigenvalue weighted by Gasteiger charge is 2.19. The second kappa shape index (κ2) is 5.61. The van der Waals surface area contributed by atoms with Crippen LogP contribution in [0.2, 0.25) is 5.15 Å². The molecule has 0 amide bonds. The number of aromatic nitrogens is 2. The van der Waals surface area contributed by atoms with E-state index in [4.69, 9.17) is 17.3 Å². The van der Waals surface area contributed by atoms with Gasteiger partial charge in [-0.05, 0) is 18.6 Å². The third kappa shape index (κ3) is 3.57. The Morgan fingerprint density at radius 3 is 2.80 bits per heavy atom. The van der Waals surface area contributed by atoms with Gasteiger partial charge in [0.25, 0.3) is 0 Å². The number of nitrogens with two attached hydrogens (primary N) is 1. The first-order valence-electron chi connectivity index (χ1n) is 4.70. The second-order valence-corrected chi connectivity index (χ2v) is 4.02. The predicted molar refractivity (Wildman–Crippen MR) is 62.2 cm³/mol. The van der Waals surface area contributed by atoms with E-state index in [1.165, 1.54) is 0 Å². The molecule has 15 heavy (non-hydrogen) atoms. The fourth-order valence-corrected chi connectivity index (χ4v) is 1.76. The molecule has 84 valence electrons. The number of likely N-dealkylation sites (tertiary alicyclic amines) is 1. The van der Waals surface area contributed by atoms with Gasteiger partial charge in [-0.3, -0.25) is 4.90 Å². The van der Waals surface area contributed by atoms with Crippen LogP contribution < -0.4 is 5.73 Å². The van der Waals surface area contributed by atoms with E-state index in [9.17, 15) is 0 Å². The van der Waals surface area contributed by atoms with Gasteiger partial charge in [0.1, 0.15) is 0 Å². The Morgan fingerprint density at radius 2 is 2.27 bits per heavy atom. The highest BCUT2D eigenvalue weighted by molar-refractivity contribution is 6.29. The van der Waals surface area contributed by atoms with Crippen LogP contribution in [0.3, 0.4) is 0 Å². The van der Waals surface area contributed by atoms with Crippen molar-refractivity contribution in [1.29, 1.82) is 0 Å². The summed E-state index contributed by atoms with van der Waals surface area (Å²) < 4.78 is 0. The van der Waals surface area contributed by atoms with Gasteiger partial charge in [0, 0.05) is 25.7 Å². The Hall–Kier alpha value is -0.420. The van der Waals surface area contributed by atoms with Crippen molar-refractivity contribution >= 4 is 24.0 Å². The van der Waals surface area contributed by atoms with Crippen molar-refractivity contribution in [2.75, 3.05) is 13.1 Å². The Balaban J connectivity index is 0.00000112. The topological polar surface area (TPSA) is 55.0 Å². The number of nitrogens with zero attached hydrogens (tertiary/aromatic N) is 3. The molecule has 1 aromatic heterocycles. The first-order valence-corrected chi connectivity index (χ1v) is 5.08. The van der Waals surface area contributed by atoms with Crippen molar-refractivity contribution in [3.63, 3.8) is 0 Å². The van der Waals surface area contributed by atoms with Crippen molar-refractivity contribution in [3.8, 4) is 0 Å². The summed E-state index contributed by atoms with van der Waals surface area (Å²) in [5, 5.41) is 8.24. The van der Waals surface area contributed by atoms with Crippen LogP contribution >= 0.6 is 24.0 Å². The van der Waals surface area contributed by atoms with Crippen LogP contribution in [0.5, 0.6) is 0 Å². The quantitative estimate of drug-likeness (QED) is 0.852. The fraction of sp³-hybridized carbons (Fsp3) is 0.556. The molecule has 1 atom stereocenters. The molecule has 0 spiro atoms. The van der Waals surface area contributed by atoms with Crippen molar-refractivity contribution in [2.45, 2.75) is 19.0 Å². The van der Waals surface area contributed by atoms with Crippen LogP contribution in [0.4, 0.5) is 0 Å². The number of hydrogen-bond donors (Lipinski definition) is 1. The first kappa shape index (κ1) is 12.6. The molecule has 0 aliphatic carbocycles. The highest BCUT2D eigenvalue weighted by Crippen LogP contribution is 2.11. The van der Waals surface area contributed by atoms with Gasteiger partial charge in [-0.2, -0.15) is 5.10 Å². The molecule has 1 aromatic rings. The molecule has 1 unspecified atom stereocenters. The van der Waals surface area contributed by atoms with Gasteiger partial charge in [0.05, 0.1) is 5.69 Å². The Bertz CT molecular complexity index is 303. The van der Waals surface area contributed by atoms with Gasteiger partial charge < -0.3 is 5.73 Å². The molecule has 1 aliphatic rings. The van der Waals surface area contributed by atoms with E-state index < -0.39 is 0 Å². The van der Waals surface area contributed by atoms with Crippen LogP contribution in [0, 0.1) is 0 Å². The molecule has 4 nitrogen and oxygen atoms in total. The van der Waals surface area contributed by atoms with Gasteiger partial charge in [-0.1, -0.05) is 11.6 Å². The molecule has 0 radical (unpaired) electrons. The Kier molecular flexibility index (Phi) is 4.73. The number of rotatable bonds is 2. The lowest BCUT2D eigenvalue weighted by molar-refractivity contribution is 0.321. The minimum Gasteiger partial charge on any atom is -0.326 e. The zero-order valence-corrected chi connectivity index (χ0v) is 9.84. The smallest absolute Gasteiger partial charge is 0.151 e. The normalized spacial score (nSPS) is 21.3. The summed E-state index contributed by atoms with van der Waals surface area (Å²) in [6.45, 7) is 2.81. The van der Waals surface area contributed by atoms with E-state index in [-0.39, 0.29) is 12.4 Å². The molecule has 0 saturated carbocycles.